The molecular formula is C20H25N3O5S. The molecule has 0 spiro atoms. The van der Waals surface area contributed by atoms with Crippen LogP contribution >= 0.6 is 11.3 Å². The molecule has 2 aromatic heterocycles. The molecule has 2 aromatic rings. The fourth-order valence-corrected chi connectivity index (χ4v) is 4.88. The summed E-state index contributed by atoms with van der Waals surface area (Å²) >= 11 is 1.42. The van der Waals surface area contributed by atoms with Crippen LogP contribution in [0.3, 0.4) is 0 Å². The number of carbonyl (C=O) groups excluding carboxylic acids is 1. The molecule has 0 radical (unpaired) electrons. The lowest BCUT2D eigenvalue weighted by molar-refractivity contribution is 0.0526. The Labute approximate surface area is 172 Å². The summed E-state index contributed by atoms with van der Waals surface area (Å²) < 4.78 is 7.11. The minimum Gasteiger partial charge on any atom is -0.494 e. The highest BCUT2D eigenvalue weighted by molar-refractivity contribution is 7.16. The van der Waals surface area contributed by atoms with Crippen molar-refractivity contribution in [3.8, 4) is 5.88 Å². The topological polar surface area (TPSA) is 103 Å². The molecule has 8 nitrogen and oxygen atoms in total. The molecule has 0 bridgehead atoms. The summed E-state index contributed by atoms with van der Waals surface area (Å²) in [5.41, 5.74) is 0.0253. The van der Waals surface area contributed by atoms with Crippen LogP contribution in [-0.2, 0) is 31.7 Å². The first kappa shape index (κ1) is 21.0. The molecule has 1 N–H and O–H groups in total. The van der Waals surface area contributed by atoms with E-state index in [9.17, 15) is 19.5 Å². The van der Waals surface area contributed by atoms with Gasteiger partial charge in [0.1, 0.15) is 10.6 Å². The highest BCUT2D eigenvalue weighted by atomic mass is 32.1. The average Bonchev–Trinajstić information content (AvgIpc) is 3.08. The van der Waals surface area contributed by atoms with Crippen molar-refractivity contribution in [2.24, 2.45) is 25.0 Å². The lowest BCUT2D eigenvalue weighted by Crippen LogP contribution is -2.38. The molecule has 0 unspecified atom stereocenters. The maximum Gasteiger partial charge on any atom is 0.341 e. The van der Waals surface area contributed by atoms with Gasteiger partial charge in [0.2, 0.25) is 5.88 Å². The first-order valence-electron chi connectivity index (χ1n) is 9.64. The zero-order valence-electron chi connectivity index (χ0n) is 17.0. The Morgan fingerprint density at radius 2 is 2.03 bits per heavy atom. The van der Waals surface area contributed by atoms with E-state index in [0.29, 0.717) is 16.5 Å². The molecule has 156 valence electrons. The van der Waals surface area contributed by atoms with Crippen LogP contribution in [0.2, 0.25) is 0 Å². The van der Waals surface area contributed by atoms with Gasteiger partial charge in [-0.05, 0) is 37.7 Å². The van der Waals surface area contributed by atoms with Gasteiger partial charge >= 0.3 is 11.7 Å². The molecule has 0 aliphatic heterocycles. The highest BCUT2D eigenvalue weighted by Crippen LogP contribution is 2.42. The standard InChI is InChI=1S/C20H25N3O5S/c1-5-11-7-8-12-14(9-11)29-16(15(12)19(26)28-6-2)21-10-13-17(24)22(3)20(27)23(4)18(13)25/h10-11,24H,5-9H2,1-4H3/t11-/m0/s1. The third-order valence-electron chi connectivity index (χ3n) is 5.38. The highest BCUT2D eigenvalue weighted by Gasteiger charge is 2.29. The number of carbonyl (C=O) groups is 1. The van der Waals surface area contributed by atoms with E-state index in [1.807, 2.05) is 0 Å². The van der Waals surface area contributed by atoms with Crippen molar-refractivity contribution < 1.29 is 14.6 Å². The normalized spacial score (nSPS) is 16.2. The van der Waals surface area contributed by atoms with Gasteiger partial charge in [-0.15, -0.1) is 11.3 Å². The number of aromatic hydroxyl groups is 1. The van der Waals surface area contributed by atoms with Gasteiger partial charge in [-0.3, -0.25) is 13.9 Å². The van der Waals surface area contributed by atoms with Crippen molar-refractivity contribution in [1.29, 1.82) is 0 Å². The van der Waals surface area contributed by atoms with E-state index in [1.54, 1.807) is 6.92 Å². The maximum atomic E-state index is 12.6. The van der Waals surface area contributed by atoms with Gasteiger partial charge in [-0.2, -0.15) is 0 Å². The molecule has 3 rings (SSSR count). The van der Waals surface area contributed by atoms with E-state index in [4.69, 9.17) is 4.74 Å². The zero-order valence-corrected chi connectivity index (χ0v) is 17.8. The monoisotopic (exact) mass is 419 g/mol. The minimum atomic E-state index is -0.653. The molecule has 0 saturated heterocycles. The number of aliphatic imine (C=N–C) groups is 1. The first-order chi connectivity index (χ1) is 13.8. The summed E-state index contributed by atoms with van der Waals surface area (Å²) in [4.78, 5) is 42.4. The Bertz CT molecular complexity index is 1090. The predicted molar refractivity (Wildman–Crippen MR) is 112 cm³/mol. The van der Waals surface area contributed by atoms with Crippen LogP contribution in [0.4, 0.5) is 5.00 Å². The Kier molecular flexibility index (Phi) is 6.07. The van der Waals surface area contributed by atoms with Gasteiger partial charge in [0.15, 0.2) is 0 Å². The van der Waals surface area contributed by atoms with Gasteiger partial charge in [-0.25, -0.2) is 14.6 Å². The van der Waals surface area contributed by atoms with Crippen molar-refractivity contribution in [2.45, 2.75) is 39.5 Å². The van der Waals surface area contributed by atoms with E-state index in [2.05, 4.69) is 11.9 Å². The van der Waals surface area contributed by atoms with Gasteiger partial charge in [0, 0.05) is 25.2 Å². The molecular weight excluding hydrogens is 394 g/mol. The van der Waals surface area contributed by atoms with Gasteiger partial charge in [0.25, 0.3) is 5.56 Å². The van der Waals surface area contributed by atoms with Crippen LogP contribution in [0.25, 0.3) is 0 Å². The Balaban J connectivity index is 2.11. The number of nitrogens with zero attached hydrogens (tertiary/aromatic N) is 3. The van der Waals surface area contributed by atoms with Crippen LogP contribution in [0.1, 0.15) is 53.1 Å². The number of fused-ring (bicyclic) bond motifs is 1. The molecule has 9 heteroatoms. The first-order valence-corrected chi connectivity index (χ1v) is 10.5. The number of esters is 1. The Hall–Kier alpha value is -2.68. The summed E-state index contributed by atoms with van der Waals surface area (Å²) in [5.74, 6) is -0.315. The van der Waals surface area contributed by atoms with Crippen molar-refractivity contribution in [2.75, 3.05) is 6.61 Å². The van der Waals surface area contributed by atoms with Crippen molar-refractivity contribution in [3.05, 3.63) is 42.4 Å². The predicted octanol–water partition coefficient (Wildman–Crippen LogP) is 2.29. The number of thiophene rings is 1. The van der Waals surface area contributed by atoms with Gasteiger partial charge < -0.3 is 9.84 Å². The summed E-state index contributed by atoms with van der Waals surface area (Å²) in [6.07, 6.45) is 4.99. The largest absolute Gasteiger partial charge is 0.494 e. The molecule has 0 saturated carbocycles. The quantitative estimate of drug-likeness (QED) is 0.592. The molecule has 2 heterocycles. The Morgan fingerprint density at radius 1 is 1.31 bits per heavy atom. The smallest absolute Gasteiger partial charge is 0.341 e. The molecule has 0 fully saturated rings. The summed E-state index contributed by atoms with van der Waals surface area (Å²) in [5, 5.41) is 10.7. The van der Waals surface area contributed by atoms with Crippen LogP contribution < -0.4 is 11.2 Å². The molecule has 1 aliphatic rings. The third kappa shape index (κ3) is 3.78. The average molecular weight is 420 g/mol. The van der Waals surface area contributed by atoms with Crippen LogP contribution in [0.5, 0.6) is 5.88 Å². The molecule has 1 atom stereocenters. The second kappa shape index (κ2) is 8.36. The van der Waals surface area contributed by atoms with E-state index < -0.39 is 23.1 Å². The second-order valence-corrected chi connectivity index (χ2v) is 8.21. The fourth-order valence-electron chi connectivity index (χ4n) is 3.59. The summed E-state index contributed by atoms with van der Waals surface area (Å²) in [7, 11) is 2.70. The van der Waals surface area contributed by atoms with Crippen molar-refractivity contribution in [3.63, 3.8) is 0 Å². The number of aromatic nitrogens is 2. The molecule has 29 heavy (non-hydrogen) atoms. The number of ether oxygens (including phenoxy) is 1. The van der Waals surface area contributed by atoms with Gasteiger partial charge in [-0.1, -0.05) is 13.3 Å². The van der Waals surface area contributed by atoms with Crippen LogP contribution in [0, 0.1) is 5.92 Å². The SMILES string of the molecule is CCOC(=O)c1c(N=Cc2c(O)n(C)c(=O)n(C)c2=O)sc2c1CC[C@H](CC)C2. The van der Waals surface area contributed by atoms with E-state index in [0.717, 1.165) is 45.3 Å². The molecule has 0 amide bonds. The van der Waals surface area contributed by atoms with Crippen LogP contribution in [0.15, 0.2) is 14.6 Å². The zero-order chi connectivity index (χ0) is 21.3. The molecule has 1 aliphatic carbocycles. The van der Waals surface area contributed by atoms with Crippen molar-refractivity contribution >= 4 is 28.5 Å². The fraction of sp³-hybridized carbons (Fsp3) is 0.500. The summed E-state index contributed by atoms with van der Waals surface area (Å²) in [6, 6.07) is 0. The van der Waals surface area contributed by atoms with E-state index in [-0.39, 0.29) is 12.2 Å². The third-order valence-corrected chi connectivity index (χ3v) is 6.55. The number of hydrogen-bond acceptors (Lipinski definition) is 7. The maximum absolute atomic E-state index is 12.6. The van der Waals surface area contributed by atoms with Crippen LogP contribution in [-0.4, -0.2) is 33.0 Å². The summed E-state index contributed by atoms with van der Waals surface area (Å²) in [6.45, 7) is 4.16. The Morgan fingerprint density at radius 3 is 2.69 bits per heavy atom. The second-order valence-electron chi connectivity index (χ2n) is 7.12. The lowest BCUT2D eigenvalue weighted by Gasteiger charge is -2.20. The number of hydrogen-bond donors (Lipinski definition) is 1. The van der Waals surface area contributed by atoms with E-state index in [1.165, 1.54) is 31.6 Å². The van der Waals surface area contributed by atoms with Gasteiger partial charge in [0.05, 0.1) is 12.2 Å². The van der Waals surface area contributed by atoms with Crippen molar-refractivity contribution in [1.82, 2.24) is 9.13 Å². The minimum absolute atomic E-state index is 0.109. The van der Waals surface area contributed by atoms with E-state index >= 15 is 0 Å². The lowest BCUT2D eigenvalue weighted by atomic mass is 9.86. The molecule has 0 aromatic carbocycles. The number of rotatable bonds is 5.